The van der Waals surface area contributed by atoms with E-state index in [0.717, 1.165) is 31.6 Å². The molecule has 36 heavy (non-hydrogen) atoms. The topological polar surface area (TPSA) is 81.9 Å². The summed E-state index contributed by atoms with van der Waals surface area (Å²) in [6.45, 7) is 1.09. The zero-order valence-electron chi connectivity index (χ0n) is 18.9. The van der Waals surface area contributed by atoms with Crippen molar-refractivity contribution in [3.63, 3.8) is 0 Å². The van der Waals surface area contributed by atoms with Crippen molar-refractivity contribution >= 4 is 34.1 Å². The summed E-state index contributed by atoms with van der Waals surface area (Å²) in [5, 5.41) is 12.6. The first kappa shape index (κ1) is 25.7. The molecule has 2 aromatic heterocycles. The van der Waals surface area contributed by atoms with E-state index >= 15 is 0 Å². The number of hydrogen-bond donors (Lipinski definition) is 1. The summed E-state index contributed by atoms with van der Waals surface area (Å²) in [6.07, 6.45) is 6.56. The Morgan fingerprint density at radius 1 is 1.08 bits per heavy atom. The fourth-order valence-electron chi connectivity index (χ4n) is 3.27. The second-order valence-electron chi connectivity index (χ2n) is 7.73. The van der Waals surface area contributed by atoms with E-state index in [-0.39, 0.29) is 28.8 Å². The number of halogens is 3. The van der Waals surface area contributed by atoms with Gasteiger partial charge in [-0.1, -0.05) is 17.3 Å². The number of alkyl halides is 3. The number of carbonyl (C=O) groups excluding carboxylic acids is 1. The fourth-order valence-corrected chi connectivity index (χ4v) is 4.50. The molecule has 1 N–H and O–H groups in total. The predicted octanol–water partition coefficient (Wildman–Crippen LogP) is 6.20. The monoisotopic (exact) mass is 533 g/mol. The minimum atomic E-state index is -4.37. The highest BCUT2D eigenvalue weighted by Gasteiger charge is 2.29. The molecule has 12 heteroatoms. The van der Waals surface area contributed by atoms with E-state index < -0.39 is 11.4 Å². The molecule has 0 unspecified atom stereocenters. The Morgan fingerprint density at radius 2 is 1.86 bits per heavy atom. The fraction of sp³-hybridized carbons (Fsp3) is 0.250. The minimum absolute atomic E-state index is 0.0175. The number of anilines is 1. The van der Waals surface area contributed by atoms with Gasteiger partial charge in [-0.2, -0.15) is 13.2 Å². The van der Waals surface area contributed by atoms with Crippen LogP contribution < -0.4 is 10.1 Å². The smallest absolute Gasteiger partial charge is 0.446 e. The van der Waals surface area contributed by atoms with Crippen LogP contribution in [0.25, 0.3) is 0 Å². The molecule has 0 bridgehead atoms. The van der Waals surface area contributed by atoms with Gasteiger partial charge in [-0.3, -0.25) is 14.8 Å². The van der Waals surface area contributed by atoms with Gasteiger partial charge in [-0.05, 0) is 73.0 Å². The third-order valence-electron chi connectivity index (χ3n) is 5.01. The molecule has 0 spiro atoms. The van der Waals surface area contributed by atoms with Crippen LogP contribution in [0.15, 0.2) is 71.2 Å². The van der Waals surface area contributed by atoms with Crippen LogP contribution in [0.1, 0.15) is 34.5 Å². The third-order valence-corrected chi connectivity index (χ3v) is 6.55. The highest BCUT2D eigenvalue weighted by atomic mass is 32.2. The Kier molecular flexibility index (Phi) is 8.60. The van der Waals surface area contributed by atoms with Gasteiger partial charge < -0.3 is 4.74 Å². The van der Waals surface area contributed by atoms with Crippen LogP contribution in [0, 0.1) is 0 Å². The maximum absolute atomic E-state index is 12.4. The quantitative estimate of drug-likeness (QED) is 0.183. The number of amides is 1. The number of unbranched alkanes of at least 4 members (excludes halogenated alkanes) is 1. The number of thiazole rings is 1. The highest BCUT2D eigenvalue weighted by Crippen LogP contribution is 2.36. The van der Waals surface area contributed by atoms with Crippen LogP contribution >= 0.6 is 23.1 Å². The molecular formula is C24H22F3N5O2S2. The first-order valence-electron chi connectivity index (χ1n) is 11.0. The molecule has 4 rings (SSSR count). The number of carbonyl (C=O) groups is 1. The van der Waals surface area contributed by atoms with Crippen molar-refractivity contribution in [3.8, 4) is 5.75 Å². The van der Waals surface area contributed by atoms with Gasteiger partial charge in [0.2, 0.25) is 0 Å². The van der Waals surface area contributed by atoms with Gasteiger partial charge in [-0.15, -0.1) is 16.4 Å². The number of ether oxygens (including phenoxy) is 1. The predicted molar refractivity (Wildman–Crippen MR) is 132 cm³/mol. The molecular weight excluding hydrogens is 511 g/mol. The lowest BCUT2D eigenvalue weighted by Crippen LogP contribution is -2.11. The Labute approximate surface area is 213 Å². The van der Waals surface area contributed by atoms with Gasteiger partial charge in [0.15, 0.2) is 5.13 Å². The van der Waals surface area contributed by atoms with E-state index in [1.807, 2.05) is 35.1 Å². The van der Waals surface area contributed by atoms with Crippen molar-refractivity contribution in [1.82, 2.24) is 20.0 Å². The third kappa shape index (κ3) is 8.09. The molecule has 0 aliphatic carbocycles. The SMILES string of the molecule is O=C(Nc1nc(COc2ccc(CCCCn3ccnn3)cc2)cs1)c1ccc(SC(F)(F)F)cc1. The van der Waals surface area contributed by atoms with Gasteiger partial charge in [-0.25, -0.2) is 4.98 Å². The molecule has 0 saturated carbocycles. The van der Waals surface area contributed by atoms with Crippen LogP contribution in [0.3, 0.4) is 0 Å². The van der Waals surface area contributed by atoms with Gasteiger partial charge in [0.05, 0.1) is 11.9 Å². The Bertz CT molecular complexity index is 1240. The van der Waals surface area contributed by atoms with Crippen LogP contribution in [0.4, 0.5) is 18.3 Å². The zero-order chi connectivity index (χ0) is 25.4. The van der Waals surface area contributed by atoms with Crippen molar-refractivity contribution < 1.29 is 22.7 Å². The van der Waals surface area contributed by atoms with Gasteiger partial charge >= 0.3 is 5.51 Å². The van der Waals surface area contributed by atoms with Crippen LogP contribution in [-0.2, 0) is 19.6 Å². The summed E-state index contributed by atoms with van der Waals surface area (Å²) in [4.78, 5) is 16.7. The van der Waals surface area contributed by atoms with Crippen molar-refractivity contribution in [2.75, 3.05) is 5.32 Å². The Balaban J connectivity index is 1.20. The van der Waals surface area contributed by atoms with E-state index in [1.165, 1.54) is 41.2 Å². The maximum Gasteiger partial charge on any atom is 0.446 e. The van der Waals surface area contributed by atoms with Crippen molar-refractivity contribution in [2.24, 2.45) is 0 Å². The lowest BCUT2D eigenvalue weighted by molar-refractivity contribution is -0.0328. The molecule has 188 valence electrons. The van der Waals surface area contributed by atoms with E-state index in [0.29, 0.717) is 10.8 Å². The highest BCUT2D eigenvalue weighted by molar-refractivity contribution is 8.00. The van der Waals surface area contributed by atoms with Gasteiger partial charge in [0.1, 0.15) is 12.4 Å². The Morgan fingerprint density at radius 3 is 2.56 bits per heavy atom. The van der Waals surface area contributed by atoms with Gasteiger partial charge in [0, 0.05) is 28.6 Å². The molecule has 0 aliphatic rings. The summed E-state index contributed by atoms with van der Waals surface area (Å²) in [5.74, 6) is 0.272. The number of rotatable bonds is 11. The van der Waals surface area contributed by atoms with E-state index in [9.17, 15) is 18.0 Å². The Hall–Kier alpha value is -3.38. The van der Waals surface area contributed by atoms with E-state index in [2.05, 4.69) is 20.6 Å². The van der Waals surface area contributed by atoms with Crippen LogP contribution in [-0.4, -0.2) is 31.4 Å². The van der Waals surface area contributed by atoms with Crippen molar-refractivity contribution in [2.45, 2.75) is 42.8 Å². The number of thioether (sulfide) groups is 1. The summed E-state index contributed by atoms with van der Waals surface area (Å²) < 4.78 is 44.9. The van der Waals surface area contributed by atoms with Crippen molar-refractivity contribution in [3.05, 3.63) is 83.1 Å². The molecule has 0 fully saturated rings. The number of nitrogens with one attached hydrogen (secondary N) is 1. The molecule has 7 nitrogen and oxygen atoms in total. The average Bonchev–Trinajstić information content (AvgIpc) is 3.53. The first-order chi connectivity index (χ1) is 17.3. The first-order valence-corrected chi connectivity index (χ1v) is 12.7. The lowest BCUT2D eigenvalue weighted by atomic mass is 10.1. The molecule has 2 heterocycles. The molecule has 1 amide bonds. The largest absolute Gasteiger partial charge is 0.487 e. The number of aryl methyl sites for hydroxylation is 2. The normalized spacial score (nSPS) is 11.4. The maximum atomic E-state index is 12.4. The van der Waals surface area contributed by atoms with E-state index in [1.54, 1.807) is 11.6 Å². The summed E-state index contributed by atoms with van der Waals surface area (Å²) in [6, 6.07) is 13.1. The minimum Gasteiger partial charge on any atom is -0.487 e. The summed E-state index contributed by atoms with van der Waals surface area (Å²) in [5.41, 5.74) is -2.24. The van der Waals surface area contributed by atoms with Crippen LogP contribution in [0.5, 0.6) is 5.75 Å². The van der Waals surface area contributed by atoms with E-state index in [4.69, 9.17) is 4.74 Å². The number of hydrogen-bond acceptors (Lipinski definition) is 7. The molecule has 0 radical (unpaired) electrons. The zero-order valence-corrected chi connectivity index (χ0v) is 20.6. The van der Waals surface area contributed by atoms with Crippen LogP contribution in [0.2, 0.25) is 0 Å². The second kappa shape index (κ2) is 12.0. The molecule has 2 aromatic carbocycles. The van der Waals surface area contributed by atoms with Gasteiger partial charge in [0.25, 0.3) is 5.91 Å². The number of benzene rings is 2. The average molecular weight is 534 g/mol. The number of aromatic nitrogens is 4. The molecule has 0 atom stereocenters. The second-order valence-corrected chi connectivity index (χ2v) is 9.72. The standard InChI is InChI=1S/C24H22F3N5O2S2/c25-24(26,27)36-21-10-6-18(7-11-21)22(33)30-23-29-19(16-35-23)15-34-20-8-4-17(5-9-20)3-1-2-13-32-14-12-28-31-32/h4-12,14,16H,1-3,13,15H2,(H,29,30,33). The number of nitrogens with zero attached hydrogens (tertiary/aromatic N) is 4. The lowest BCUT2D eigenvalue weighted by Gasteiger charge is -2.07. The van der Waals surface area contributed by atoms with Crippen molar-refractivity contribution in [1.29, 1.82) is 0 Å². The molecule has 0 saturated heterocycles. The summed E-state index contributed by atoms with van der Waals surface area (Å²) >= 11 is 1.02. The summed E-state index contributed by atoms with van der Waals surface area (Å²) in [7, 11) is 0. The molecule has 0 aliphatic heterocycles. The molecule has 4 aromatic rings.